The van der Waals surface area contributed by atoms with E-state index in [-0.39, 0.29) is 16.5 Å². The molecule has 1 heterocycles. The zero-order valence-corrected chi connectivity index (χ0v) is 12.1. The molecule has 1 aliphatic heterocycles. The molecule has 2 fully saturated rings. The van der Waals surface area contributed by atoms with Gasteiger partial charge in [-0.2, -0.15) is 4.31 Å². The molecule has 5 nitrogen and oxygen atoms in total. The highest BCUT2D eigenvalue weighted by molar-refractivity contribution is 7.89. The third-order valence-corrected chi connectivity index (χ3v) is 6.52. The highest BCUT2D eigenvalue weighted by Crippen LogP contribution is 2.41. The van der Waals surface area contributed by atoms with Crippen LogP contribution in [-0.2, 0) is 10.0 Å². The van der Waals surface area contributed by atoms with Crippen LogP contribution in [0.25, 0.3) is 0 Å². The maximum Gasteiger partial charge on any atom is 0.335 e. The number of carboxylic acids is 1. The first-order valence-electron chi connectivity index (χ1n) is 6.76. The van der Waals surface area contributed by atoms with Gasteiger partial charge in [-0.3, -0.25) is 0 Å². The summed E-state index contributed by atoms with van der Waals surface area (Å²) in [7, 11) is -3.59. The van der Waals surface area contributed by atoms with Crippen LogP contribution in [0.3, 0.4) is 0 Å². The van der Waals surface area contributed by atoms with Gasteiger partial charge in [0.25, 0.3) is 0 Å². The number of rotatable bonds is 3. The van der Waals surface area contributed by atoms with Crippen molar-refractivity contribution in [1.29, 1.82) is 0 Å². The van der Waals surface area contributed by atoms with Crippen molar-refractivity contribution >= 4 is 16.0 Å². The standard InChI is InChI=1S/C14H17NO4S/c1-9-12(14(16)17)3-2-4-13(9)20(18,19)15-8-10-5-6-11(15)7-10/h2-4,10-11H,5-8H2,1H3,(H,16,17). The largest absolute Gasteiger partial charge is 0.478 e. The Morgan fingerprint density at radius 2 is 2.10 bits per heavy atom. The van der Waals surface area contributed by atoms with Gasteiger partial charge in [-0.25, -0.2) is 13.2 Å². The number of carbonyl (C=O) groups is 1. The molecule has 3 rings (SSSR count). The number of fused-ring (bicyclic) bond motifs is 2. The monoisotopic (exact) mass is 295 g/mol. The Bertz CT molecular complexity index is 668. The van der Waals surface area contributed by atoms with Crippen molar-refractivity contribution in [1.82, 2.24) is 4.31 Å². The van der Waals surface area contributed by atoms with Crippen LogP contribution in [0.5, 0.6) is 0 Å². The minimum atomic E-state index is -3.59. The van der Waals surface area contributed by atoms with Crippen molar-refractivity contribution in [2.24, 2.45) is 5.92 Å². The zero-order chi connectivity index (χ0) is 14.5. The van der Waals surface area contributed by atoms with Gasteiger partial charge < -0.3 is 5.11 Å². The number of aromatic carboxylic acids is 1. The second-order valence-electron chi connectivity index (χ2n) is 5.64. The summed E-state index contributed by atoms with van der Waals surface area (Å²) in [4.78, 5) is 11.3. The first kappa shape index (κ1) is 13.6. The van der Waals surface area contributed by atoms with Crippen LogP contribution < -0.4 is 0 Å². The van der Waals surface area contributed by atoms with Crippen LogP contribution in [0.2, 0.25) is 0 Å². The van der Waals surface area contributed by atoms with Gasteiger partial charge in [0.15, 0.2) is 0 Å². The summed E-state index contributed by atoms with van der Waals surface area (Å²) in [6, 6.07) is 4.53. The molecule has 108 valence electrons. The van der Waals surface area contributed by atoms with Crippen molar-refractivity contribution in [3.05, 3.63) is 29.3 Å². The van der Waals surface area contributed by atoms with Gasteiger partial charge in [-0.05, 0) is 49.8 Å². The summed E-state index contributed by atoms with van der Waals surface area (Å²) in [6.45, 7) is 2.13. The van der Waals surface area contributed by atoms with Crippen LogP contribution in [0.1, 0.15) is 35.2 Å². The lowest BCUT2D eigenvalue weighted by atomic mass is 10.1. The first-order chi connectivity index (χ1) is 9.41. The molecule has 6 heteroatoms. The molecule has 1 aromatic carbocycles. The van der Waals surface area contributed by atoms with Gasteiger partial charge in [0.05, 0.1) is 10.5 Å². The number of sulfonamides is 1. The normalized spacial score (nSPS) is 26.1. The quantitative estimate of drug-likeness (QED) is 0.923. The molecule has 1 saturated heterocycles. The van der Waals surface area contributed by atoms with E-state index >= 15 is 0 Å². The summed E-state index contributed by atoms with van der Waals surface area (Å²) < 4.78 is 27.1. The lowest BCUT2D eigenvalue weighted by Crippen LogP contribution is -2.38. The molecule has 2 bridgehead atoms. The van der Waals surface area contributed by atoms with Crippen LogP contribution in [0.4, 0.5) is 0 Å². The zero-order valence-electron chi connectivity index (χ0n) is 11.2. The molecule has 1 aromatic rings. The molecule has 0 spiro atoms. The smallest absolute Gasteiger partial charge is 0.335 e. The summed E-state index contributed by atoms with van der Waals surface area (Å²) in [5, 5.41) is 9.12. The number of benzene rings is 1. The molecule has 0 amide bonds. The van der Waals surface area contributed by atoms with E-state index in [0.717, 1.165) is 19.3 Å². The van der Waals surface area contributed by atoms with Crippen molar-refractivity contribution in [3.63, 3.8) is 0 Å². The van der Waals surface area contributed by atoms with Crippen molar-refractivity contribution in [3.8, 4) is 0 Å². The molecule has 0 radical (unpaired) electrons. The van der Waals surface area contributed by atoms with Crippen LogP contribution >= 0.6 is 0 Å². The molecule has 1 saturated carbocycles. The average Bonchev–Trinajstić information content (AvgIpc) is 3.00. The van der Waals surface area contributed by atoms with E-state index in [4.69, 9.17) is 5.11 Å². The predicted molar refractivity (Wildman–Crippen MR) is 73.2 cm³/mol. The molecule has 2 aliphatic rings. The van der Waals surface area contributed by atoms with E-state index in [1.165, 1.54) is 18.2 Å². The molecule has 1 N–H and O–H groups in total. The molecular formula is C14H17NO4S. The Balaban J connectivity index is 2.04. The fourth-order valence-corrected chi connectivity index (χ4v) is 5.42. The second-order valence-corrected chi connectivity index (χ2v) is 7.50. The minimum Gasteiger partial charge on any atom is -0.478 e. The predicted octanol–water partition coefficient (Wildman–Crippen LogP) is 1.87. The van der Waals surface area contributed by atoms with Gasteiger partial charge in [-0.15, -0.1) is 0 Å². The molecule has 0 aromatic heterocycles. The first-order valence-corrected chi connectivity index (χ1v) is 8.20. The number of hydrogen-bond donors (Lipinski definition) is 1. The topological polar surface area (TPSA) is 74.7 Å². The van der Waals surface area contributed by atoms with E-state index in [1.54, 1.807) is 11.2 Å². The Morgan fingerprint density at radius 1 is 1.35 bits per heavy atom. The molecule has 2 unspecified atom stereocenters. The number of hydrogen-bond acceptors (Lipinski definition) is 3. The van der Waals surface area contributed by atoms with Crippen molar-refractivity contribution < 1.29 is 18.3 Å². The van der Waals surface area contributed by atoms with Crippen molar-refractivity contribution in [2.75, 3.05) is 6.54 Å². The van der Waals surface area contributed by atoms with E-state index in [2.05, 4.69) is 0 Å². The third-order valence-electron chi connectivity index (χ3n) is 4.46. The Labute approximate surface area is 118 Å². The lowest BCUT2D eigenvalue weighted by Gasteiger charge is -2.27. The van der Waals surface area contributed by atoms with E-state index in [1.807, 2.05) is 0 Å². The van der Waals surface area contributed by atoms with Crippen LogP contribution in [-0.4, -0.2) is 36.4 Å². The van der Waals surface area contributed by atoms with Gasteiger partial charge in [-0.1, -0.05) is 6.07 Å². The third kappa shape index (κ3) is 1.94. The van der Waals surface area contributed by atoms with Gasteiger partial charge >= 0.3 is 5.97 Å². The Morgan fingerprint density at radius 3 is 2.65 bits per heavy atom. The Hall–Kier alpha value is -1.40. The summed E-state index contributed by atoms with van der Waals surface area (Å²) >= 11 is 0. The molecule has 20 heavy (non-hydrogen) atoms. The molecular weight excluding hydrogens is 278 g/mol. The highest BCUT2D eigenvalue weighted by atomic mass is 32.2. The van der Waals surface area contributed by atoms with Gasteiger partial charge in [0.1, 0.15) is 0 Å². The van der Waals surface area contributed by atoms with E-state index in [0.29, 0.717) is 18.0 Å². The van der Waals surface area contributed by atoms with Gasteiger partial charge in [0.2, 0.25) is 10.0 Å². The summed E-state index contributed by atoms with van der Waals surface area (Å²) in [6.07, 6.45) is 2.96. The number of carboxylic acid groups (broad SMARTS) is 1. The summed E-state index contributed by atoms with van der Waals surface area (Å²) in [5.41, 5.74) is 0.373. The van der Waals surface area contributed by atoms with Crippen molar-refractivity contribution in [2.45, 2.75) is 37.1 Å². The maximum absolute atomic E-state index is 12.8. The summed E-state index contributed by atoms with van der Waals surface area (Å²) in [5.74, 6) is -0.625. The van der Waals surface area contributed by atoms with E-state index < -0.39 is 16.0 Å². The maximum atomic E-state index is 12.8. The Kier molecular flexibility index (Phi) is 3.10. The fourth-order valence-electron chi connectivity index (χ4n) is 3.43. The molecule has 2 atom stereocenters. The lowest BCUT2D eigenvalue weighted by molar-refractivity contribution is 0.0696. The number of piperidine rings is 1. The second kappa shape index (κ2) is 4.56. The number of nitrogens with zero attached hydrogens (tertiary/aromatic N) is 1. The molecule has 1 aliphatic carbocycles. The average molecular weight is 295 g/mol. The van der Waals surface area contributed by atoms with E-state index in [9.17, 15) is 13.2 Å². The SMILES string of the molecule is Cc1c(C(=O)O)cccc1S(=O)(=O)N1CC2CCC1C2. The van der Waals surface area contributed by atoms with Crippen LogP contribution in [0, 0.1) is 12.8 Å². The van der Waals surface area contributed by atoms with Crippen LogP contribution in [0.15, 0.2) is 23.1 Å². The highest BCUT2D eigenvalue weighted by Gasteiger charge is 2.44. The fraction of sp³-hybridized carbons (Fsp3) is 0.500. The minimum absolute atomic E-state index is 0.0513. The van der Waals surface area contributed by atoms with Gasteiger partial charge in [0, 0.05) is 12.6 Å².